The van der Waals surface area contributed by atoms with Gasteiger partial charge in [-0.3, -0.25) is 0 Å². The average Bonchev–Trinajstić information content (AvgIpc) is 1.77. The summed E-state index contributed by atoms with van der Waals surface area (Å²) in [7, 11) is 0. The highest BCUT2D eigenvalue weighted by Crippen LogP contribution is 2.24. The Balaban J connectivity index is 2.68. The lowest BCUT2D eigenvalue weighted by Crippen LogP contribution is -2.42. The molecular formula is C8H15N. The molecule has 9 heavy (non-hydrogen) atoms. The molecule has 2 N–H and O–H groups in total. The minimum Gasteiger partial charge on any atom is -0.322 e. The van der Waals surface area contributed by atoms with Gasteiger partial charge in [0.1, 0.15) is 0 Å². The summed E-state index contributed by atoms with van der Waals surface area (Å²) in [4.78, 5) is 0. The van der Waals surface area contributed by atoms with Crippen LogP contribution in [0.1, 0.15) is 26.7 Å². The molecule has 1 nitrogen and oxygen atoms in total. The first-order valence-corrected chi connectivity index (χ1v) is 3.59. The summed E-state index contributed by atoms with van der Waals surface area (Å²) < 4.78 is 0. The number of nitrogens with two attached hydrogens (primary N) is 1. The number of rotatable bonds is 0. The van der Waals surface area contributed by atoms with Crippen molar-refractivity contribution in [3.05, 3.63) is 12.2 Å². The van der Waals surface area contributed by atoms with Crippen LogP contribution in [-0.4, -0.2) is 5.54 Å². The third-order valence-electron chi connectivity index (χ3n) is 2.31. The van der Waals surface area contributed by atoms with Crippen molar-refractivity contribution in [3.63, 3.8) is 0 Å². The van der Waals surface area contributed by atoms with Crippen molar-refractivity contribution >= 4 is 0 Å². The largest absolute Gasteiger partial charge is 0.322 e. The van der Waals surface area contributed by atoms with Gasteiger partial charge in [-0.15, -0.1) is 0 Å². The minimum atomic E-state index is -0.0434. The monoisotopic (exact) mass is 125 g/mol. The molecule has 2 atom stereocenters. The number of allylic oxidation sites excluding steroid dienone is 1. The number of hydrogen-bond acceptors (Lipinski definition) is 1. The van der Waals surface area contributed by atoms with Crippen LogP contribution in [-0.2, 0) is 0 Å². The predicted octanol–water partition coefficient (Wildman–Crippen LogP) is 1.69. The van der Waals surface area contributed by atoms with Gasteiger partial charge in [-0.2, -0.15) is 0 Å². The molecule has 0 amide bonds. The lowest BCUT2D eigenvalue weighted by Gasteiger charge is -2.31. The third-order valence-corrected chi connectivity index (χ3v) is 2.31. The molecule has 0 radical (unpaired) electrons. The smallest absolute Gasteiger partial charge is 0.0336 e. The van der Waals surface area contributed by atoms with Gasteiger partial charge in [0, 0.05) is 5.54 Å². The van der Waals surface area contributed by atoms with Gasteiger partial charge in [0.2, 0.25) is 0 Å². The molecule has 0 bridgehead atoms. The molecular weight excluding hydrogens is 110 g/mol. The zero-order chi connectivity index (χ0) is 6.91. The van der Waals surface area contributed by atoms with E-state index < -0.39 is 0 Å². The van der Waals surface area contributed by atoms with Crippen LogP contribution < -0.4 is 5.73 Å². The van der Waals surface area contributed by atoms with Gasteiger partial charge in [0.15, 0.2) is 0 Å². The molecule has 1 rings (SSSR count). The summed E-state index contributed by atoms with van der Waals surface area (Å²) in [6.45, 7) is 4.30. The summed E-state index contributed by atoms with van der Waals surface area (Å²) in [5.74, 6) is 0.641. The van der Waals surface area contributed by atoms with Crippen LogP contribution in [0.4, 0.5) is 0 Å². The van der Waals surface area contributed by atoms with Gasteiger partial charge in [-0.25, -0.2) is 0 Å². The summed E-state index contributed by atoms with van der Waals surface area (Å²) in [6, 6.07) is 0. The second-order valence-corrected chi connectivity index (χ2v) is 3.25. The maximum Gasteiger partial charge on any atom is 0.0336 e. The Morgan fingerprint density at radius 2 is 2.33 bits per heavy atom. The van der Waals surface area contributed by atoms with E-state index in [0.29, 0.717) is 5.92 Å². The van der Waals surface area contributed by atoms with Crippen molar-refractivity contribution in [2.45, 2.75) is 32.2 Å². The summed E-state index contributed by atoms with van der Waals surface area (Å²) in [6.07, 6.45) is 6.75. The van der Waals surface area contributed by atoms with Gasteiger partial charge in [0.05, 0.1) is 0 Å². The van der Waals surface area contributed by atoms with Gasteiger partial charge >= 0.3 is 0 Å². The third kappa shape index (κ3) is 1.33. The standard InChI is InChI=1S/C8H15N/c1-7-5-3-4-6-8(7,2)9/h4,6-7H,3,5,9H2,1-2H3. The molecule has 0 aromatic rings. The Labute approximate surface area is 56.9 Å². The summed E-state index contributed by atoms with van der Waals surface area (Å²) in [5.41, 5.74) is 5.89. The van der Waals surface area contributed by atoms with Crippen molar-refractivity contribution in [1.29, 1.82) is 0 Å². The van der Waals surface area contributed by atoms with Gasteiger partial charge < -0.3 is 5.73 Å². The van der Waals surface area contributed by atoms with Crippen LogP contribution in [0, 0.1) is 5.92 Å². The van der Waals surface area contributed by atoms with Crippen molar-refractivity contribution < 1.29 is 0 Å². The highest BCUT2D eigenvalue weighted by Gasteiger charge is 2.24. The van der Waals surface area contributed by atoms with E-state index in [1.165, 1.54) is 12.8 Å². The van der Waals surface area contributed by atoms with Crippen LogP contribution in [0.2, 0.25) is 0 Å². The minimum absolute atomic E-state index is 0.0434. The van der Waals surface area contributed by atoms with E-state index in [9.17, 15) is 0 Å². The summed E-state index contributed by atoms with van der Waals surface area (Å²) >= 11 is 0. The first-order valence-electron chi connectivity index (χ1n) is 3.59. The SMILES string of the molecule is CC1CCC=CC1(C)N. The van der Waals surface area contributed by atoms with Gasteiger partial charge in [-0.1, -0.05) is 19.1 Å². The molecule has 52 valence electrons. The molecule has 0 fully saturated rings. The summed E-state index contributed by atoms with van der Waals surface area (Å²) in [5, 5.41) is 0. The zero-order valence-electron chi connectivity index (χ0n) is 6.22. The predicted molar refractivity (Wildman–Crippen MR) is 40.1 cm³/mol. The molecule has 1 heteroatoms. The highest BCUT2D eigenvalue weighted by atomic mass is 14.7. The van der Waals surface area contributed by atoms with E-state index in [1.54, 1.807) is 0 Å². The molecule has 0 saturated carbocycles. The van der Waals surface area contributed by atoms with Crippen molar-refractivity contribution in [1.82, 2.24) is 0 Å². The van der Waals surface area contributed by atoms with Crippen molar-refractivity contribution in [2.75, 3.05) is 0 Å². The molecule has 0 heterocycles. The molecule has 1 aliphatic carbocycles. The van der Waals surface area contributed by atoms with E-state index >= 15 is 0 Å². The van der Waals surface area contributed by atoms with Crippen molar-refractivity contribution in [3.8, 4) is 0 Å². The average molecular weight is 125 g/mol. The van der Waals surface area contributed by atoms with E-state index in [4.69, 9.17) is 5.73 Å². The van der Waals surface area contributed by atoms with Crippen LogP contribution >= 0.6 is 0 Å². The Kier molecular flexibility index (Phi) is 1.62. The molecule has 1 aliphatic rings. The Morgan fingerprint density at radius 1 is 1.67 bits per heavy atom. The van der Waals surface area contributed by atoms with E-state index in [0.717, 1.165) is 0 Å². The number of hydrogen-bond donors (Lipinski definition) is 1. The first kappa shape index (κ1) is 6.81. The molecule has 0 spiro atoms. The maximum absolute atomic E-state index is 5.93. The fourth-order valence-electron chi connectivity index (χ4n) is 1.16. The second-order valence-electron chi connectivity index (χ2n) is 3.25. The van der Waals surface area contributed by atoms with E-state index in [1.807, 2.05) is 0 Å². The van der Waals surface area contributed by atoms with Gasteiger partial charge in [0.25, 0.3) is 0 Å². The Bertz CT molecular complexity index is 125. The quantitative estimate of drug-likeness (QED) is 0.490. The topological polar surface area (TPSA) is 26.0 Å². The normalized spacial score (nSPS) is 43.2. The Hall–Kier alpha value is -0.300. The zero-order valence-corrected chi connectivity index (χ0v) is 6.22. The van der Waals surface area contributed by atoms with Crippen molar-refractivity contribution in [2.24, 2.45) is 11.7 Å². The van der Waals surface area contributed by atoms with Gasteiger partial charge in [-0.05, 0) is 25.7 Å². The molecule has 0 aromatic heterocycles. The highest BCUT2D eigenvalue weighted by molar-refractivity contribution is 5.08. The second kappa shape index (κ2) is 2.14. The van der Waals surface area contributed by atoms with Crippen LogP contribution in [0.3, 0.4) is 0 Å². The lowest BCUT2D eigenvalue weighted by atomic mass is 9.81. The molecule has 0 saturated heterocycles. The lowest BCUT2D eigenvalue weighted by molar-refractivity contribution is 0.351. The molecule has 0 aliphatic heterocycles. The fraction of sp³-hybridized carbons (Fsp3) is 0.750. The van der Waals surface area contributed by atoms with E-state index in [-0.39, 0.29) is 5.54 Å². The molecule has 2 unspecified atom stereocenters. The van der Waals surface area contributed by atoms with Crippen LogP contribution in [0.5, 0.6) is 0 Å². The van der Waals surface area contributed by atoms with Crippen LogP contribution in [0.25, 0.3) is 0 Å². The van der Waals surface area contributed by atoms with E-state index in [2.05, 4.69) is 26.0 Å². The fourth-order valence-corrected chi connectivity index (χ4v) is 1.16. The Morgan fingerprint density at radius 3 is 2.67 bits per heavy atom. The first-order chi connectivity index (χ1) is 4.13. The van der Waals surface area contributed by atoms with Crippen LogP contribution in [0.15, 0.2) is 12.2 Å². The molecule has 0 aromatic carbocycles. The maximum atomic E-state index is 5.93.